The normalized spacial score (nSPS) is 16.9. The molecule has 0 saturated heterocycles. The fourth-order valence-electron chi connectivity index (χ4n) is 2.69. The summed E-state index contributed by atoms with van der Waals surface area (Å²) in [5.74, 6) is 0.215. The summed E-state index contributed by atoms with van der Waals surface area (Å²) < 4.78 is 43.6. The van der Waals surface area contributed by atoms with Crippen LogP contribution < -0.4 is 10.1 Å². The molecule has 3 nitrogen and oxygen atoms in total. The van der Waals surface area contributed by atoms with E-state index in [1.54, 1.807) is 6.07 Å². The van der Waals surface area contributed by atoms with Crippen molar-refractivity contribution in [2.45, 2.75) is 19.1 Å². The molecule has 1 aliphatic heterocycles. The summed E-state index contributed by atoms with van der Waals surface area (Å²) in [5.41, 5.74) is 0.655. The topological polar surface area (TPSA) is 38.3 Å². The summed E-state index contributed by atoms with van der Waals surface area (Å²) in [7, 11) is 0. The molecular formula is C18H16F3NO2. The Morgan fingerprint density at radius 2 is 1.96 bits per heavy atom. The molecule has 1 amide bonds. The highest BCUT2D eigenvalue weighted by atomic mass is 19.4. The smallest absolute Gasteiger partial charge is 0.416 e. The van der Waals surface area contributed by atoms with E-state index < -0.39 is 11.7 Å². The molecule has 1 aliphatic rings. The summed E-state index contributed by atoms with van der Waals surface area (Å²) in [6.07, 6.45) is -3.83. The van der Waals surface area contributed by atoms with Gasteiger partial charge in [-0.05, 0) is 35.7 Å². The standard InChI is InChI=1S/C18H16F3NO2/c19-18(20,21)15-6-3-4-12(8-15)10-22-17(23)14-9-13-5-1-2-7-16(13)24-11-14/h1-8,14H,9-11H2,(H,22,23). The van der Waals surface area contributed by atoms with Crippen molar-refractivity contribution in [2.75, 3.05) is 6.61 Å². The minimum atomic E-state index is -4.39. The number of fused-ring (bicyclic) bond motifs is 1. The average Bonchev–Trinajstić information content (AvgIpc) is 2.59. The van der Waals surface area contributed by atoms with Gasteiger partial charge in [-0.1, -0.05) is 30.3 Å². The summed E-state index contributed by atoms with van der Waals surface area (Å²) in [6.45, 7) is 0.326. The maximum Gasteiger partial charge on any atom is 0.416 e. The lowest BCUT2D eigenvalue weighted by Crippen LogP contribution is -2.37. The monoisotopic (exact) mass is 335 g/mol. The quantitative estimate of drug-likeness (QED) is 0.931. The predicted octanol–water partition coefficient (Wildman–Crippen LogP) is 3.57. The third kappa shape index (κ3) is 3.69. The maximum atomic E-state index is 12.7. The largest absolute Gasteiger partial charge is 0.492 e. The van der Waals surface area contributed by atoms with Crippen LogP contribution in [0.2, 0.25) is 0 Å². The van der Waals surface area contributed by atoms with E-state index in [0.717, 1.165) is 23.4 Å². The van der Waals surface area contributed by atoms with Crippen LogP contribution in [-0.4, -0.2) is 12.5 Å². The van der Waals surface area contributed by atoms with Crippen LogP contribution in [-0.2, 0) is 23.9 Å². The second-order valence-corrected chi connectivity index (χ2v) is 5.74. The minimum absolute atomic E-state index is 0.0564. The van der Waals surface area contributed by atoms with Gasteiger partial charge in [0, 0.05) is 6.54 Å². The molecule has 0 saturated carbocycles. The van der Waals surface area contributed by atoms with E-state index in [4.69, 9.17) is 4.74 Å². The Morgan fingerprint density at radius 3 is 2.75 bits per heavy atom. The number of nitrogens with one attached hydrogen (secondary N) is 1. The highest BCUT2D eigenvalue weighted by Crippen LogP contribution is 2.30. The molecule has 3 rings (SSSR count). The second kappa shape index (κ2) is 6.55. The summed E-state index contributed by atoms with van der Waals surface area (Å²) in [4.78, 5) is 12.2. The van der Waals surface area contributed by atoms with Crippen LogP contribution in [0, 0.1) is 5.92 Å². The molecule has 1 heterocycles. The zero-order chi connectivity index (χ0) is 17.2. The van der Waals surface area contributed by atoms with Gasteiger partial charge in [0.25, 0.3) is 0 Å². The minimum Gasteiger partial charge on any atom is -0.492 e. The number of hydrogen-bond donors (Lipinski definition) is 1. The third-order valence-electron chi connectivity index (χ3n) is 3.97. The first-order valence-electron chi connectivity index (χ1n) is 7.58. The van der Waals surface area contributed by atoms with Gasteiger partial charge in [-0.2, -0.15) is 13.2 Å². The zero-order valence-electron chi connectivity index (χ0n) is 12.8. The molecule has 0 spiro atoms. The molecule has 0 fully saturated rings. The van der Waals surface area contributed by atoms with Crippen molar-refractivity contribution in [2.24, 2.45) is 5.92 Å². The molecule has 1 atom stereocenters. The first-order chi connectivity index (χ1) is 11.4. The van der Waals surface area contributed by atoms with E-state index in [2.05, 4.69) is 5.32 Å². The van der Waals surface area contributed by atoms with Gasteiger partial charge in [0.2, 0.25) is 5.91 Å². The molecule has 1 N–H and O–H groups in total. The summed E-state index contributed by atoms with van der Waals surface area (Å²) in [5, 5.41) is 2.69. The Bertz CT molecular complexity index is 743. The van der Waals surface area contributed by atoms with Gasteiger partial charge in [-0.3, -0.25) is 4.79 Å². The Kier molecular flexibility index (Phi) is 4.46. The summed E-state index contributed by atoms with van der Waals surface area (Å²) >= 11 is 0. The van der Waals surface area contributed by atoms with E-state index in [0.29, 0.717) is 12.0 Å². The summed E-state index contributed by atoms with van der Waals surface area (Å²) in [6, 6.07) is 12.5. The van der Waals surface area contributed by atoms with Crippen LogP contribution in [0.1, 0.15) is 16.7 Å². The fraction of sp³-hybridized carbons (Fsp3) is 0.278. The second-order valence-electron chi connectivity index (χ2n) is 5.74. The van der Waals surface area contributed by atoms with Crippen molar-refractivity contribution < 1.29 is 22.7 Å². The fourth-order valence-corrected chi connectivity index (χ4v) is 2.69. The van der Waals surface area contributed by atoms with Gasteiger partial charge < -0.3 is 10.1 Å². The van der Waals surface area contributed by atoms with Crippen LogP contribution in [0.25, 0.3) is 0 Å². The average molecular weight is 335 g/mol. The number of carbonyl (C=O) groups excluding carboxylic acids is 1. The Labute approximate surface area is 137 Å². The molecular weight excluding hydrogens is 319 g/mol. The molecule has 126 valence electrons. The van der Waals surface area contributed by atoms with E-state index in [9.17, 15) is 18.0 Å². The maximum absolute atomic E-state index is 12.7. The molecule has 24 heavy (non-hydrogen) atoms. The molecule has 2 aromatic rings. The van der Waals surface area contributed by atoms with Gasteiger partial charge in [-0.15, -0.1) is 0 Å². The Hall–Kier alpha value is -2.50. The van der Waals surface area contributed by atoms with E-state index in [1.165, 1.54) is 6.07 Å². The van der Waals surface area contributed by atoms with E-state index in [-0.39, 0.29) is 25.0 Å². The van der Waals surface area contributed by atoms with Crippen molar-refractivity contribution in [3.05, 3.63) is 65.2 Å². The number of benzene rings is 2. The number of hydrogen-bond acceptors (Lipinski definition) is 2. The highest BCUT2D eigenvalue weighted by molar-refractivity contribution is 5.79. The number of rotatable bonds is 3. The van der Waals surface area contributed by atoms with Crippen molar-refractivity contribution in [1.82, 2.24) is 5.32 Å². The van der Waals surface area contributed by atoms with Crippen LogP contribution in [0.3, 0.4) is 0 Å². The lowest BCUT2D eigenvalue weighted by molar-refractivity contribution is -0.137. The van der Waals surface area contributed by atoms with Gasteiger partial charge >= 0.3 is 6.18 Å². The molecule has 0 aromatic heterocycles. The lowest BCUT2D eigenvalue weighted by Gasteiger charge is -2.24. The number of amides is 1. The Morgan fingerprint density at radius 1 is 1.17 bits per heavy atom. The van der Waals surface area contributed by atoms with Gasteiger partial charge in [0.15, 0.2) is 0 Å². The highest BCUT2D eigenvalue weighted by Gasteiger charge is 2.30. The number of halogens is 3. The first-order valence-corrected chi connectivity index (χ1v) is 7.58. The molecule has 2 aromatic carbocycles. The molecule has 0 aliphatic carbocycles. The lowest BCUT2D eigenvalue weighted by atomic mass is 9.96. The molecule has 6 heteroatoms. The van der Waals surface area contributed by atoms with Gasteiger partial charge in [0.05, 0.1) is 11.5 Å². The van der Waals surface area contributed by atoms with E-state index >= 15 is 0 Å². The SMILES string of the molecule is O=C(NCc1cccc(C(F)(F)F)c1)C1COc2ccccc2C1. The van der Waals surface area contributed by atoms with Crippen LogP contribution in [0.4, 0.5) is 13.2 Å². The third-order valence-corrected chi connectivity index (χ3v) is 3.97. The van der Waals surface area contributed by atoms with Crippen LogP contribution >= 0.6 is 0 Å². The number of ether oxygens (including phenoxy) is 1. The van der Waals surface area contributed by atoms with Crippen molar-refractivity contribution >= 4 is 5.91 Å². The number of para-hydroxylation sites is 1. The predicted molar refractivity (Wildman–Crippen MR) is 82.4 cm³/mol. The Balaban J connectivity index is 1.61. The zero-order valence-corrected chi connectivity index (χ0v) is 12.8. The van der Waals surface area contributed by atoms with Crippen molar-refractivity contribution in [3.63, 3.8) is 0 Å². The molecule has 0 bridgehead atoms. The van der Waals surface area contributed by atoms with E-state index in [1.807, 2.05) is 24.3 Å². The number of alkyl halides is 3. The first kappa shape index (κ1) is 16.4. The molecule has 1 unspecified atom stereocenters. The van der Waals surface area contributed by atoms with Gasteiger partial charge in [-0.25, -0.2) is 0 Å². The van der Waals surface area contributed by atoms with Gasteiger partial charge in [0.1, 0.15) is 12.4 Å². The molecule has 0 radical (unpaired) electrons. The number of carbonyl (C=O) groups is 1. The van der Waals surface area contributed by atoms with Crippen LogP contribution in [0.15, 0.2) is 48.5 Å². The van der Waals surface area contributed by atoms with Crippen LogP contribution in [0.5, 0.6) is 5.75 Å². The van der Waals surface area contributed by atoms with Crippen molar-refractivity contribution in [3.8, 4) is 5.75 Å². The van der Waals surface area contributed by atoms with Crippen molar-refractivity contribution in [1.29, 1.82) is 0 Å².